The van der Waals surface area contributed by atoms with Gasteiger partial charge in [0.1, 0.15) is 0 Å². The zero-order valence-corrected chi connectivity index (χ0v) is 18.1. The lowest BCUT2D eigenvalue weighted by molar-refractivity contribution is -0.132. The van der Waals surface area contributed by atoms with Crippen molar-refractivity contribution in [2.24, 2.45) is 5.92 Å². The lowest BCUT2D eigenvalue weighted by atomic mass is 9.82. The standard InChI is InChI=1S/C25H24N2O3S/c1-16(28)24-18-14-21(26(25(24)30)11-12-31-19-8-3-2-4-9-19)22-13-17-7-5-6-10-20(17)27(22)23(29)15-18/h2-10,13,18,21,28H,11-12,14-15H2,1H3/b24-16+/t18-,21+/m1/s1. The van der Waals surface area contributed by atoms with Crippen molar-refractivity contribution in [2.45, 2.75) is 30.7 Å². The van der Waals surface area contributed by atoms with Crippen LogP contribution in [0.25, 0.3) is 10.9 Å². The van der Waals surface area contributed by atoms with Crippen LogP contribution in [0.1, 0.15) is 36.3 Å². The molecule has 6 heteroatoms. The smallest absolute Gasteiger partial charge is 0.254 e. The number of hydrogen-bond donors (Lipinski definition) is 1. The molecule has 0 unspecified atom stereocenters. The Morgan fingerprint density at radius 2 is 1.84 bits per heavy atom. The van der Waals surface area contributed by atoms with E-state index >= 15 is 0 Å². The first-order valence-corrected chi connectivity index (χ1v) is 11.6. The number of aromatic nitrogens is 1. The van der Waals surface area contributed by atoms with Crippen LogP contribution in [-0.2, 0) is 4.79 Å². The highest BCUT2D eigenvalue weighted by atomic mass is 32.2. The molecule has 0 aliphatic carbocycles. The zero-order valence-electron chi connectivity index (χ0n) is 17.3. The zero-order chi connectivity index (χ0) is 21.5. The van der Waals surface area contributed by atoms with E-state index in [2.05, 4.69) is 12.1 Å². The first kappa shape index (κ1) is 19.9. The summed E-state index contributed by atoms with van der Waals surface area (Å²) >= 11 is 1.70. The number of carbonyl (C=O) groups excluding carboxylic acids is 2. The second-order valence-electron chi connectivity index (χ2n) is 8.17. The summed E-state index contributed by atoms with van der Waals surface area (Å²) in [5, 5.41) is 11.3. The van der Waals surface area contributed by atoms with Gasteiger partial charge < -0.3 is 10.0 Å². The molecule has 5 nitrogen and oxygen atoms in total. The number of carbonyl (C=O) groups is 2. The number of aliphatic hydroxyl groups excluding tert-OH is 1. The molecule has 2 aromatic carbocycles. The number of para-hydroxylation sites is 1. The topological polar surface area (TPSA) is 62.5 Å². The van der Waals surface area contributed by atoms with E-state index in [1.807, 2.05) is 53.4 Å². The molecule has 0 radical (unpaired) electrons. The van der Waals surface area contributed by atoms with Gasteiger partial charge in [0.15, 0.2) is 0 Å². The number of thioether (sulfide) groups is 1. The van der Waals surface area contributed by atoms with E-state index < -0.39 is 0 Å². The van der Waals surface area contributed by atoms with Crippen LogP contribution in [0.2, 0.25) is 0 Å². The third-order valence-electron chi connectivity index (χ3n) is 6.27. The van der Waals surface area contributed by atoms with Crippen molar-refractivity contribution in [1.29, 1.82) is 0 Å². The van der Waals surface area contributed by atoms with E-state index in [4.69, 9.17) is 0 Å². The molecule has 158 valence electrons. The Morgan fingerprint density at radius 3 is 2.61 bits per heavy atom. The summed E-state index contributed by atoms with van der Waals surface area (Å²) in [6, 6.07) is 19.8. The molecule has 2 aliphatic rings. The van der Waals surface area contributed by atoms with E-state index in [1.165, 1.54) is 0 Å². The number of benzene rings is 2. The minimum atomic E-state index is -0.258. The maximum atomic E-state index is 13.5. The minimum Gasteiger partial charge on any atom is -0.512 e. The van der Waals surface area contributed by atoms with Crippen LogP contribution in [0.4, 0.5) is 0 Å². The van der Waals surface area contributed by atoms with E-state index in [1.54, 1.807) is 23.3 Å². The Morgan fingerprint density at radius 1 is 1.10 bits per heavy atom. The van der Waals surface area contributed by atoms with Crippen LogP contribution in [-0.4, -0.2) is 38.7 Å². The van der Waals surface area contributed by atoms with Gasteiger partial charge in [0, 0.05) is 40.6 Å². The Balaban J connectivity index is 1.54. The summed E-state index contributed by atoms with van der Waals surface area (Å²) in [4.78, 5) is 29.7. The van der Waals surface area contributed by atoms with Crippen LogP contribution in [0, 0.1) is 5.92 Å². The monoisotopic (exact) mass is 432 g/mol. The van der Waals surface area contributed by atoms with Gasteiger partial charge in [-0.2, -0.15) is 0 Å². The maximum absolute atomic E-state index is 13.5. The Bertz CT molecular complexity index is 1190. The van der Waals surface area contributed by atoms with Gasteiger partial charge in [-0.25, -0.2) is 0 Å². The first-order chi connectivity index (χ1) is 15.0. The number of amides is 1. The summed E-state index contributed by atoms with van der Waals surface area (Å²) in [7, 11) is 0. The molecule has 2 bridgehead atoms. The normalized spacial score (nSPS) is 22.4. The molecule has 5 rings (SSSR count). The quantitative estimate of drug-likeness (QED) is 0.350. The van der Waals surface area contributed by atoms with Crippen molar-refractivity contribution < 1.29 is 14.7 Å². The van der Waals surface area contributed by atoms with E-state index in [-0.39, 0.29) is 36.0 Å². The van der Waals surface area contributed by atoms with Crippen LogP contribution in [0.15, 0.2) is 76.9 Å². The van der Waals surface area contributed by atoms with Gasteiger partial charge in [-0.3, -0.25) is 14.2 Å². The summed E-state index contributed by atoms with van der Waals surface area (Å²) in [6.45, 7) is 2.10. The van der Waals surface area contributed by atoms with Gasteiger partial charge in [-0.1, -0.05) is 36.4 Å². The van der Waals surface area contributed by atoms with Crippen molar-refractivity contribution in [3.05, 3.63) is 77.7 Å². The number of hydrogen-bond acceptors (Lipinski definition) is 4. The third kappa shape index (κ3) is 3.45. The second-order valence-corrected chi connectivity index (χ2v) is 9.34. The summed E-state index contributed by atoms with van der Waals surface area (Å²) in [5.41, 5.74) is 2.15. The van der Waals surface area contributed by atoms with Gasteiger partial charge in [0.05, 0.1) is 22.9 Å². The Hall–Kier alpha value is -2.99. The molecule has 31 heavy (non-hydrogen) atoms. The average Bonchev–Trinajstić information content (AvgIpc) is 3.10. The second kappa shape index (κ2) is 7.93. The molecule has 3 aromatic rings. The predicted molar refractivity (Wildman–Crippen MR) is 122 cm³/mol. The number of fused-ring (bicyclic) bond motifs is 6. The van der Waals surface area contributed by atoms with E-state index in [0.717, 1.165) is 27.2 Å². The summed E-state index contributed by atoms with van der Waals surface area (Å²) in [6.07, 6.45) is 0.880. The van der Waals surface area contributed by atoms with E-state index in [9.17, 15) is 14.7 Å². The molecular weight excluding hydrogens is 408 g/mol. The number of piperidine rings is 1. The Kier molecular flexibility index (Phi) is 5.10. The molecule has 1 amide bonds. The summed E-state index contributed by atoms with van der Waals surface area (Å²) < 4.78 is 1.79. The highest BCUT2D eigenvalue weighted by molar-refractivity contribution is 7.99. The van der Waals surface area contributed by atoms with Gasteiger partial charge in [0.25, 0.3) is 5.91 Å². The lowest BCUT2D eigenvalue weighted by Gasteiger charge is -2.39. The predicted octanol–water partition coefficient (Wildman–Crippen LogP) is 5.20. The third-order valence-corrected chi connectivity index (χ3v) is 7.26. The molecule has 1 fully saturated rings. The van der Waals surface area contributed by atoms with Crippen LogP contribution >= 0.6 is 11.8 Å². The van der Waals surface area contributed by atoms with Gasteiger partial charge >= 0.3 is 0 Å². The van der Waals surface area contributed by atoms with Crippen molar-refractivity contribution >= 4 is 34.5 Å². The van der Waals surface area contributed by atoms with Crippen molar-refractivity contribution in [1.82, 2.24) is 9.47 Å². The van der Waals surface area contributed by atoms with Crippen molar-refractivity contribution in [3.63, 3.8) is 0 Å². The van der Waals surface area contributed by atoms with E-state index in [0.29, 0.717) is 18.5 Å². The van der Waals surface area contributed by atoms with Crippen LogP contribution < -0.4 is 0 Å². The van der Waals surface area contributed by atoms with Gasteiger partial charge in [-0.15, -0.1) is 11.8 Å². The Labute approximate surface area is 185 Å². The SMILES string of the molecule is C/C(O)=C1\C(=O)N(CCSc2ccccc2)[C@H]2C[C@@H]1CC(=O)n1c2cc2ccccc21. The minimum absolute atomic E-state index is 0.0178. The highest BCUT2D eigenvalue weighted by Gasteiger charge is 2.44. The fourth-order valence-electron chi connectivity index (χ4n) is 4.94. The molecule has 1 aromatic heterocycles. The first-order valence-electron chi connectivity index (χ1n) is 10.6. The number of allylic oxidation sites excluding steroid dienone is 1. The van der Waals surface area contributed by atoms with Crippen LogP contribution in [0.3, 0.4) is 0 Å². The van der Waals surface area contributed by atoms with Crippen molar-refractivity contribution in [3.8, 4) is 0 Å². The number of likely N-dealkylation sites (tertiary alicyclic amines) is 1. The average molecular weight is 433 g/mol. The molecule has 0 spiro atoms. The number of nitrogens with zero attached hydrogens (tertiary/aromatic N) is 2. The van der Waals surface area contributed by atoms with Gasteiger partial charge in [0.2, 0.25) is 5.91 Å². The van der Waals surface area contributed by atoms with Crippen LogP contribution in [0.5, 0.6) is 0 Å². The largest absolute Gasteiger partial charge is 0.512 e. The lowest BCUT2D eigenvalue weighted by Crippen LogP contribution is -2.44. The molecular formula is C25H24N2O3S. The van der Waals surface area contributed by atoms with Crippen molar-refractivity contribution in [2.75, 3.05) is 12.3 Å². The molecule has 2 atom stereocenters. The van der Waals surface area contributed by atoms with Gasteiger partial charge in [-0.05, 0) is 37.6 Å². The molecule has 1 saturated heterocycles. The molecule has 3 heterocycles. The number of aliphatic hydroxyl groups is 1. The summed E-state index contributed by atoms with van der Waals surface area (Å²) in [5.74, 6) is 0.338. The fraction of sp³-hybridized carbons (Fsp3) is 0.280. The highest BCUT2D eigenvalue weighted by Crippen LogP contribution is 2.44. The fourth-order valence-corrected chi connectivity index (χ4v) is 5.81. The number of rotatable bonds is 4. The maximum Gasteiger partial charge on any atom is 0.254 e. The molecule has 1 N–H and O–H groups in total. The molecule has 2 aliphatic heterocycles. The molecule has 0 saturated carbocycles.